The highest BCUT2D eigenvalue weighted by Crippen LogP contribution is 2.53. The molecule has 26 heavy (non-hydrogen) atoms. The number of carbonyl (C=O) groups excluding carboxylic acids is 2. The molecule has 0 unspecified atom stereocenters. The van der Waals surface area contributed by atoms with Gasteiger partial charge in [0.25, 0.3) is 0 Å². The predicted molar refractivity (Wildman–Crippen MR) is 105 cm³/mol. The van der Waals surface area contributed by atoms with E-state index in [1.165, 1.54) is 0 Å². The van der Waals surface area contributed by atoms with Crippen molar-refractivity contribution in [2.75, 3.05) is 0 Å². The lowest BCUT2D eigenvalue weighted by Crippen LogP contribution is -2.46. The Kier molecular flexibility index (Phi) is 5.22. The van der Waals surface area contributed by atoms with Crippen molar-refractivity contribution in [1.29, 1.82) is 0 Å². The van der Waals surface area contributed by atoms with E-state index in [9.17, 15) is 9.59 Å². The number of fused-ring (bicyclic) bond motifs is 1. The molecule has 0 radical (unpaired) electrons. The summed E-state index contributed by atoms with van der Waals surface area (Å²) in [7, 11) is 0. The minimum Gasteiger partial charge on any atom is -0.444 e. The lowest BCUT2D eigenvalue weighted by Gasteiger charge is -2.35. The quantitative estimate of drug-likeness (QED) is 0.588. The van der Waals surface area contributed by atoms with Crippen LogP contribution in [0, 0.1) is 5.41 Å². The van der Waals surface area contributed by atoms with Crippen molar-refractivity contribution in [2.45, 2.75) is 77.5 Å². The average Bonchev–Trinajstić information content (AvgIpc) is 2.76. The fourth-order valence-electron chi connectivity index (χ4n) is 4.40. The fourth-order valence-corrected chi connectivity index (χ4v) is 4.95. The highest BCUT2D eigenvalue weighted by Gasteiger charge is 2.56. The van der Waals surface area contributed by atoms with Crippen LogP contribution in [0.2, 0.25) is 0 Å². The molecule has 1 aliphatic carbocycles. The number of ether oxygens (including phenoxy) is 1. The molecule has 3 rings (SSSR count). The number of hydrogen-bond donors (Lipinski definition) is 0. The predicted octanol–water partition coefficient (Wildman–Crippen LogP) is 5.65. The number of benzene rings is 1. The van der Waals surface area contributed by atoms with Gasteiger partial charge in [0, 0.05) is 22.4 Å². The maximum absolute atomic E-state index is 13.1. The smallest absolute Gasteiger partial charge is 0.411 e. The van der Waals surface area contributed by atoms with E-state index in [0.717, 1.165) is 29.3 Å². The summed E-state index contributed by atoms with van der Waals surface area (Å²) in [6.45, 7) is 7.68. The van der Waals surface area contributed by atoms with E-state index in [0.29, 0.717) is 12.8 Å². The molecule has 2 aliphatic rings. The molecule has 1 amide bonds. The van der Waals surface area contributed by atoms with Crippen molar-refractivity contribution in [1.82, 2.24) is 4.90 Å². The van der Waals surface area contributed by atoms with Crippen LogP contribution in [0.3, 0.4) is 0 Å². The van der Waals surface area contributed by atoms with Crippen molar-refractivity contribution in [3.05, 3.63) is 34.3 Å². The first-order valence-electron chi connectivity index (χ1n) is 9.42. The first-order valence-corrected chi connectivity index (χ1v) is 10.2. The van der Waals surface area contributed by atoms with Gasteiger partial charge in [-0.1, -0.05) is 47.5 Å². The van der Waals surface area contributed by atoms with Gasteiger partial charge in [0.05, 0.1) is 6.04 Å². The number of rotatable bonds is 1. The molecular formula is C21H28BrNO3. The number of nitrogens with zero attached hydrogens (tertiary/aromatic N) is 1. The molecule has 1 aromatic rings. The van der Waals surface area contributed by atoms with Gasteiger partial charge >= 0.3 is 6.09 Å². The molecule has 3 atom stereocenters. The van der Waals surface area contributed by atoms with Crippen LogP contribution >= 0.6 is 15.9 Å². The van der Waals surface area contributed by atoms with E-state index in [-0.39, 0.29) is 24.0 Å². The van der Waals surface area contributed by atoms with E-state index in [1.54, 1.807) is 0 Å². The number of Topliss-reactive ketones (excluding diaryl/α,β-unsaturated/α-hetero) is 1. The number of halogens is 1. The Morgan fingerprint density at radius 1 is 1.27 bits per heavy atom. The SMILES string of the molecule is CC(C)(C)OC(=O)N1[C@H]2CCCCC(=O)[C@@]2(C)C[C@H]1c1ccccc1Br. The Morgan fingerprint density at radius 3 is 2.62 bits per heavy atom. The van der Waals surface area contributed by atoms with E-state index in [1.807, 2.05) is 56.9 Å². The second-order valence-corrected chi connectivity index (χ2v) is 9.59. The number of carbonyl (C=O) groups is 2. The second-order valence-electron chi connectivity index (χ2n) is 8.73. The van der Waals surface area contributed by atoms with Crippen LogP contribution in [0.15, 0.2) is 28.7 Å². The van der Waals surface area contributed by atoms with Crippen molar-refractivity contribution in [2.24, 2.45) is 5.41 Å². The van der Waals surface area contributed by atoms with Gasteiger partial charge in [-0.3, -0.25) is 9.69 Å². The van der Waals surface area contributed by atoms with Crippen LogP contribution in [-0.4, -0.2) is 28.4 Å². The molecule has 4 nitrogen and oxygen atoms in total. The summed E-state index contributed by atoms with van der Waals surface area (Å²) >= 11 is 3.63. The van der Waals surface area contributed by atoms with Gasteiger partial charge in [0.15, 0.2) is 0 Å². The summed E-state index contributed by atoms with van der Waals surface area (Å²) in [6, 6.07) is 7.70. The van der Waals surface area contributed by atoms with Gasteiger partial charge in [-0.15, -0.1) is 0 Å². The maximum atomic E-state index is 13.1. The monoisotopic (exact) mass is 421 g/mol. The van der Waals surface area contributed by atoms with Gasteiger partial charge < -0.3 is 4.74 Å². The Bertz CT molecular complexity index is 711. The summed E-state index contributed by atoms with van der Waals surface area (Å²) in [4.78, 5) is 27.9. The average molecular weight is 422 g/mol. The zero-order valence-electron chi connectivity index (χ0n) is 16.0. The van der Waals surface area contributed by atoms with Crippen molar-refractivity contribution < 1.29 is 14.3 Å². The van der Waals surface area contributed by atoms with Gasteiger partial charge in [-0.05, 0) is 51.7 Å². The summed E-state index contributed by atoms with van der Waals surface area (Å²) in [5.41, 5.74) is -0.0307. The van der Waals surface area contributed by atoms with Crippen LogP contribution in [0.4, 0.5) is 4.79 Å². The standard InChI is InChI=1S/C21H28BrNO3/c1-20(2,3)26-19(25)23-16(14-9-5-6-10-15(14)22)13-21(4)17(23)11-7-8-12-18(21)24/h5-6,9-10,16-17H,7-8,11-13H2,1-4H3/t16-,17-,21-/m0/s1. The molecule has 0 aromatic heterocycles. The lowest BCUT2D eigenvalue weighted by atomic mass is 9.76. The third-order valence-corrected chi connectivity index (χ3v) is 6.38. The molecule has 1 heterocycles. The fraction of sp³-hybridized carbons (Fsp3) is 0.619. The van der Waals surface area contributed by atoms with Crippen LogP contribution in [0.25, 0.3) is 0 Å². The first kappa shape index (κ1) is 19.4. The van der Waals surface area contributed by atoms with Crippen LogP contribution in [-0.2, 0) is 9.53 Å². The number of likely N-dealkylation sites (tertiary alicyclic amines) is 1. The van der Waals surface area contributed by atoms with E-state index < -0.39 is 11.0 Å². The van der Waals surface area contributed by atoms with Crippen LogP contribution in [0.5, 0.6) is 0 Å². The lowest BCUT2D eigenvalue weighted by molar-refractivity contribution is -0.128. The topological polar surface area (TPSA) is 46.6 Å². The van der Waals surface area contributed by atoms with Gasteiger partial charge in [-0.2, -0.15) is 0 Å². The largest absolute Gasteiger partial charge is 0.444 e. The van der Waals surface area contributed by atoms with Gasteiger partial charge in [0.1, 0.15) is 11.4 Å². The van der Waals surface area contributed by atoms with Crippen LogP contribution in [0.1, 0.15) is 71.4 Å². The number of ketones is 1. The normalized spacial score (nSPS) is 29.3. The molecule has 5 heteroatoms. The number of amides is 1. The summed E-state index contributed by atoms with van der Waals surface area (Å²) in [5, 5.41) is 0. The van der Waals surface area contributed by atoms with Crippen molar-refractivity contribution >= 4 is 27.8 Å². The first-order chi connectivity index (χ1) is 12.1. The van der Waals surface area contributed by atoms with E-state index >= 15 is 0 Å². The molecule has 0 bridgehead atoms. The van der Waals surface area contributed by atoms with Crippen LogP contribution < -0.4 is 0 Å². The summed E-state index contributed by atoms with van der Waals surface area (Å²) in [6.07, 6.45) is 3.67. The summed E-state index contributed by atoms with van der Waals surface area (Å²) < 4.78 is 6.71. The maximum Gasteiger partial charge on any atom is 0.411 e. The summed E-state index contributed by atoms with van der Waals surface area (Å²) in [5.74, 6) is 0.281. The Morgan fingerprint density at radius 2 is 1.96 bits per heavy atom. The Hall–Kier alpha value is -1.36. The highest BCUT2D eigenvalue weighted by atomic mass is 79.9. The van der Waals surface area contributed by atoms with Gasteiger partial charge in [-0.25, -0.2) is 4.79 Å². The molecular weight excluding hydrogens is 394 g/mol. The Balaban J connectivity index is 2.05. The van der Waals surface area contributed by atoms with Crippen molar-refractivity contribution in [3.8, 4) is 0 Å². The number of hydrogen-bond acceptors (Lipinski definition) is 3. The third kappa shape index (κ3) is 3.55. The minimum atomic E-state index is -0.566. The molecule has 1 saturated carbocycles. The zero-order valence-corrected chi connectivity index (χ0v) is 17.6. The second kappa shape index (κ2) is 6.99. The third-order valence-electron chi connectivity index (χ3n) is 5.66. The molecule has 0 N–H and O–H groups in total. The van der Waals surface area contributed by atoms with E-state index in [2.05, 4.69) is 15.9 Å². The zero-order chi connectivity index (χ0) is 19.1. The molecule has 1 aromatic carbocycles. The molecule has 2 fully saturated rings. The van der Waals surface area contributed by atoms with Crippen molar-refractivity contribution in [3.63, 3.8) is 0 Å². The van der Waals surface area contributed by atoms with Gasteiger partial charge in [0.2, 0.25) is 0 Å². The highest BCUT2D eigenvalue weighted by molar-refractivity contribution is 9.10. The molecule has 1 aliphatic heterocycles. The molecule has 0 spiro atoms. The Labute approximate surface area is 164 Å². The molecule has 142 valence electrons. The van der Waals surface area contributed by atoms with E-state index in [4.69, 9.17) is 4.74 Å². The molecule has 1 saturated heterocycles. The minimum absolute atomic E-state index is 0.107.